The van der Waals surface area contributed by atoms with Gasteiger partial charge in [0.25, 0.3) is 0 Å². The molecule has 1 fully saturated rings. The van der Waals surface area contributed by atoms with Crippen molar-refractivity contribution in [1.29, 1.82) is 0 Å². The minimum absolute atomic E-state index is 0.259. The number of hydrogen-bond donors (Lipinski definition) is 0. The van der Waals surface area contributed by atoms with E-state index in [0.29, 0.717) is 0 Å². The number of aliphatic imine (C=N–C) groups is 1. The predicted octanol–water partition coefficient (Wildman–Crippen LogP) is 3.33. The highest BCUT2D eigenvalue weighted by Gasteiger charge is 2.39. The molecular formula is C14H17NO. The van der Waals surface area contributed by atoms with Crippen LogP contribution in [-0.4, -0.2) is 6.08 Å². The standard InChI is InChI=1S/C14H17NO/c1-10-7-13(8-11(2)12(10)3)14(15-9-16)5-4-6-14/h7-8H,4-6H2,1-3H3. The molecule has 1 aliphatic rings. The zero-order valence-electron chi connectivity index (χ0n) is 10.1. The predicted molar refractivity (Wildman–Crippen MR) is 64.3 cm³/mol. The van der Waals surface area contributed by atoms with Gasteiger partial charge in [0.2, 0.25) is 6.08 Å². The Hall–Kier alpha value is -1.40. The smallest absolute Gasteiger partial charge is 0.211 e. The summed E-state index contributed by atoms with van der Waals surface area (Å²) < 4.78 is 0. The molecule has 2 rings (SSSR count). The first-order chi connectivity index (χ1) is 7.59. The highest BCUT2D eigenvalue weighted by Crippen LogP contribution is 2.45. The van der Waals surface area contributed by atoms with Crippen LogP contribution in [0, 0.1) is 20.8 Å². The molecule has 0 radical (unpaired) electrons. The van der Waals surface area contributed by atoms with E-state index in [9.17, 15) is 4.79 Å². The molecule has 2 heteroatoms. The Labute approximate surface area is 96.4 Å². The van der Waals surface area contributed by atoms with Gasteiger partial charge in [0.15, 0.2) is 0 Å². The third-order valence-electron chi connectivity index (χ3n) is 3.90. The van der Waals surface area contributed by atoms with Gasteiger partial charge in [-0.1, -0.05) is 12.1 Å². The minimum Gasteiger partial charge on any atom is -0.211 e. The van der Waals surface area contributed by atoms with Crippen molar-refractivity contribution < 1.29 is 4.79 Å². The van der Waals surface area contributed by atoms with Crippen molar-refractivity contribution in [3.8, 4) is 0 Å². The summed E-state index contributed by atoms with van der Waals surface area (Å²) >= 11 is 0. The number of rotatable bonds is 2. The molecule has 84 valence electrons. The summed E-state index contributed by atoms with van der Waals surface area (Å²) in [6.07, 6.45) is 4.84. The first-order valence-corrected chi connectivity index (χ1v) is 5.76. The van der Waals surface area contributed by atoms with Crippen LogP contribution in [0.1, 0.15) is 41.5 Å². The van der Waals surface area contributed by atoms with Crippen molar-refractivity contribution >= 4 is 6.08 Å². The topological polar surface area (TPSA) is 29.4 Å². The molecule has 1 aromatic carbocycles. The van der Waals surface area contributed by atoms with Crippen molar-refractivity contribution in [2.75, 3.05) is 0 Å². The van der Waals surface area contributed by atoms with Gasteiger partial charge in [-0.05, 0) is 62.3 Å². The number of nitrogens with zero attached hydrogens (tertiary/aromatic N) is 1. The molecule has 2 nitrogen and oxygen atoms in total. The van der Waals surface area contributed by atoms with Crippen LogP contribution in [0.3, 0.4) is 0 Å². The van der Waals surface area contributed by atoms with Gasteiger partial charge >= 0.3 is 0 Å². The lowest BCUT2D eigenvalue weighted by Crippen LogP contribution is -2.32. The maximum Gasteiger partial charge on any atom is 0.235 e. The minimum atomic E-state index is -0.259. The Morgan fingerprint density at radius 3 is 2.12 bits per heavy atom. The molecule has 0 bridgehead atoms. The number of hydrogen-bond acceptors (Lipinski definition) is 2. The molecule has 0 N–H and O–H groups in total. The normalized spacial score (nSPS) is 17.4. The molecule has 1 saturated carbocycles. The van der Waals surface area contributed by atoms with Crippen LogP contribution in [0.25, 0.3) is 0 Å². The molecule has 0 unspecified atom stereocenters. The van der Waals surface area contributed by atoms with Gasteiger partial charge in [-0.15, -0.1) is 0 Å². The molecule has 0 atom stereocenters. The zero-order chi connectivity index (χ0) is 11.8. The van der Waals surface area contributed by atoms with Crippen LogP contribution >= 0.6 is 0 Å². The van der Waals surface area contributed by atoms with Crippen molar-refractivity contribution in [3.05, 3.63) is 34.4 Å². The van der Waals surface area contributed by atoms with Crippen molar-refractivity contribution in [3.63, 3.8) is 0 Å². The maximum atomic E-state index is 10.5. The second kappa shape index (κ2) is 3.88. The number of isocyanates is 1. The average molecular weight is 215 g/mol. The van der Waals surface area contributed by atoms with Crippen LogP contribution in [0.2, 0.25) is 0 Å². The first-order valence-electron chi connectivity index (χ1n) is 5.76. The highest BCUT2D eigenvalue weighted by molar-refractivity contribution is 5.44. The van der Waals surface area contributed by atoms with Crippen LogP contribution < -0.4 is 0 Å². The van der Waals surface area contributed by atoms with Gasteiger partial charge in [-0.25, -0.2) is 4.79 Å². The van der Waals surface area contributed by atoms with Gasteiger partial charge in [0.1, 0.15) is 0 Å². The Kier molecular flexibility index (Phi) is 2.69. The molecule has 16 heavy (non-hydrogen) atoms. The van der Waals surface area contributed by atoms with E-state index < -0.39 is 0 Å². The van der Waals surface area contributed by atoms with Crippen LogP contribution in [0.5, 0.6) is 0 Å². The van der Waals surface area contributed by atoms with E-state index in [1.165, 1.54) is 22.3 Å². The zero-order valence-corrected chi connectivity index (χ0v) is 10.1. The Morgan fingerprint density at radius 1 is 1.19 bits per heavy atom. The highest BCUT2D eigenvalue weighted by atomic mass is 16.1. The lowest BCUT2D eigenvalue weighted by molar-refractivity contribution is 0.255. The molecule has 1 aliphatic carbocycles. The molecule has 0 saturated heterocycles. The van der Waals surface area contributed by atoms with Gasteiger partial charge in [0.05, 0.1) is 5.54 Å². The molecule has 0 heterocycles. The van der Waals surface area contributed by atoms with Gasteiger partial charge in [-0.2, -0.15) is 4.99 Å². The van der Waals surface area contributed by atoms with E-state index in [-0.39, 0.29) is 5.54 Å². The molecule has 0 aromatic heterocycles. The largest absolute Gasteiger partial charge is 0.235 e. The van der Waals surface area contributed by atoms with E-state index in [2.05, 4.69) is 37.9 Å². The second-order valence-electron chi connectivity index (χ2n) is 4.82. The van der Waals surface area contributed by atoms with Crippen molar-refractivity contribution in [1.82, 2.24) is 0 Å². The fourth-order valence-electron chi connectivity index (χ4n) is 2.37. The lowest BCUT2D eigenvalue weighted by atomic mass is 9.71. The van der Waals surface area contributed by atoms with E-state index in [1.807, 2.05) is 0 Å². The van der Waals surface area contributed by atoms with Gasteiger partial charge in [0, 0.05) is 0 Å². The molecule has 0 spiro atoms. The fraction of sp³-hybridized carbons (Fsp3) is 0.500. The molecule has 1 aromatic rings. The lowest BCUT2D eigenvalue weighted by Gasteiger charge is -2.37. The Bertz CT molecular complexity index is 443. The average Bonchev–Trinajstić information content (AvgIpc) is 2.19. The summed E-state index contributed by atoms with van der Waals surface area (Å²) in [5.41, 5.74) is 4.81. The summed E-state index contributed by atoms with van der Waals surface area (Å²) in [6.45, 7) is 6.36. The summed E-state index contributed by atoms with van der Waals surface area (Å²) in [4.78, 5) is 14.6. The van der Waals surface area contributed by atoms with Crippen LogP contribution in [0.4, 0.5) is 0 Å². The Morgan fingerprint density at radius 2 is 1.75 bits per heavy atom. The number of carbonyl (C=O) groups excluding carboxylic acids is 1. The van der Waals surface area contributed by atoms with E-state index in [4.69, 9.17) is 0 Å². The second-order valence-corrected chi connectivity index (χ2v) is 4.82. The van der Waals surface area contributed by atoms with E-state index in [0.717, 1.165) is 19.3 Å². The van der Waals surface area contributed by atoms with Gasteiger partial charge in [-0.3, -0.25) is 0 Å². The van der Waals surface area contributed by atoms with Crippen LogP contribution in [0.15, 0.2) is 17.1 Å². The van der Waals surface area contributed by atoms with Crippen molar-refractivity contribution in [2.24, 2.45) is 4.99 Å². The third-order valence-corrected chi connectivity index (χ3v) is 3.90. The van der Waals surface area contributed by atoms with Crippen molar-refractivity contribution in [2.45, 2.75) is 45.6 Å². The molecule has 0 amide bonds. The van der Waals surface area contributed by atoms with Crippen LogP contribution in [-0.2, 0) is 10.3 Å². The quantitative estimate of drug-likeness (QED) is 0.549. The summed E-state index contributed by atoms with van der Waals surface area (Å²) in [5, 5.41) is 0. The maximum absolute atomic E-state index is 10.5. The SMILES string of the molecule is Cc1cc(C2(N=C=O)CCC2)cc(C)c1C. The third kappa shape index (κ3) is 1.60. The molecular weight excluding hydrogens is 198 g/mol. The summed E-state index contributed by atoms with van der Waals surface area (Å²) in [6, 6.07) is 4.34. The number of benzene rings is 1. The Balaban J connectivity index is 2.51. The summed E-state index contributed by atoms with van der Waals surface area (Å²) in [5.74, 6) is 0. The van der Waals surface area contributed by atoms with E-state index in [1.54, 1.807) is 6.08 Å². The number of aryl methyl sites for hydroxylation is 2. The first kappa shape index (κ1) is 11.1. The van der Waals surface area contributed by atoms with Gasteiger partial charge < -0.3 is 0 Å². The van der Waals surface area contributed by atoms with E-state index >= 15 is 0 Å². The monoisotopic (exact) mass is 215 g/mol. The fourth-order valence-corrected chi connectivity index (χ4v) is 2.37. The summed E-state index contributed by atoms with van der Waals surface area (Å²) in [7, 11) is 0. The molecule has 0 aliphatic heterocycles.